The fraction of sp³-hybridized carbons (Fsp3) is 0.391. The number of nitrogens with zero attached hydrogens (tertiary/aromatic N) is 1. The Morgan fingerprint density at radius 2 is 1.87 bits per heavy atom. The molecule has 2 aromatic carbocycles. The highest BCUT2D eigenvalue weighted by Crippen LogP contribution is 2.29. The summed E-state index contributed by atoms with van der Waals surface area (Å²) in [5.41, 5.74) is 1.86. The predicted molar refractivity (Wildman–Crippen MR) is 129 cm³/mol. The highest BCUT2D eigenvalue weighted by molar-refractivity contribution is 9.10. The van der Waals surface area contributed by atoms with Crippen LogP contribution in [0.3, 0.4) is 0 Å². The fourth-order valence-electron chi connectivity index (χ4n) is 3.14. The first-order valence-electron chi connectivity index (χ1n) is 10.0. The van der Waals surface area contributed by atoms with Crippen LogP contribution in [0.25, 0.3) is 0 Å². The minimum atomic E-state index is -0.653. The van der Waals surface area contributed by atoms with Crippen molar-refractivity contribution >= 4 is 50.9 Å². The normalized spacial score (nSPS) is 11.9. The van der Waals surface area contributed by atoms with Crippen molar-refractivity contribution < 1.29 is 14.3 Å². The number of nitrogens with one attached hydrogen (secondary N) is 1. The molecule has 0 saturated carbocycles. The SMILES string of the molecule is CC[C@@H](C(=O)NC)N(Cc1ccc(Cl)cc1Cl)C(=O)COc1ccc(C(C)C)cc1Br. The molecule has 0 fully saturated rings. The number of rotatable bonds is 9. The van der Waals surface area contributed by atoms with Crippen molar-refractivity contribution in [1.29, 1.82) is 0 Å². The van der Waals surface area contributed by atoms with Crippen LogP contribution in [-0.2, 0) is 16.1 Å². The third-order valence-corrected chi connectivity index (χ3v) is 6.17. The van der Waals surface area contributed by atoms with Gasteiger partial charge in [-0.05, 0) is 63.7 Å². The zero-order chi connectivity index (χ0) is 23.1. The van der Waals surface area contributed by atoms with E-state index in [1.807, 2.05) is 25.1 Å². The van der Waals surface area contributed by atoms with Crippen LogP contribution in [0.4, 0.5) is 0 Å². The van der Waals surface area contributed by atoms with Crippen molar-refractivity contribution in [3.8, 4) is 5.75 Å². The van der Waals surface area contributed by atoms with Gasteiger partial charge in [0.25, 0.3) is 5.91 Å². The lowest BCUT2D eigenvalue weighted by atomic mass is 10.0. The minimum absolute atomic E-state index is 0.164. The van der Waals surface area contributed by atoms with E-state index in [-0.39, 0.29) is 25.0 Å². The van der Waals surface area contributed by atoms with Gasteiger partial charge in [0.05, 0.1) is 4.47 Å². The highest BCUT2D eigenvalue weighted by Gasteiger charge is 2.29. The van der Waals surface area contributed by atoms with Crippen LogP contribution in [0.15, 0.2) is 40.9 Å². The number of carbonyl (C=O) groups excluding carboxylic acids is 2. The quantitative estimate of drug-likeness (QED) is 0.445. The third-order valence-electron chi connectivity index (χ3n) is 4.96. The Labute approximate surface area is 202 Å². The number of amides is 2. The molecule has 0 radical (unpaired) electrons. The van der Waals surface area contributed by atoms with Crippen LogP contribution in [0.2, 0.25) is 10.0 Å². The molecule has 0 saturated heterocycles. The Hall–Kier alpha value is -1.76. The Morgan fingerprint density at radius 3 is 2.42 bits per heavy atom. The van der Waals surface area contributed by atoms with E-state index in [2.05, 4.69) is 35.1 Å². The van der Waals surface area contributed by atoms with E-state index >= 15 is 0 Å². The summed E-state index contributed by atoms with van der Waals surface area (Å²) in [6.45, 7) is 6.02. The third kappa shape index (κ3) is 6.86. The topological polar surface area (TPSA) is 58.6 Å². The molecular weight excluding hydrogens is 503 g/mol. The molecule has 8 heteroatoms. The lowest BCUT2D eigenvalue weighted by Gasteiger charge is -2.30. The minimum Gasteiger partial charge on any atom is -0.483 e. The Bertz CT molecular complexity index is 937. The van der Waals surface area contributed by atoms with Crippen LogP contribution in [0, 0.1) is 0 Å². The largest absolute Gasteiger partial charge is 0.483 e. The molecule has 168 valence electrons. The Kier molecular flexibility index (Phi) is 9.66. The van der Waals surface area contributed by atoms with E-state index in [9.17, 15) is 9.59 Å². The van der Waals surface area contributed by atoms with E-state index < -0.39 is 6.04 Å². The van der Waals surface area contributed by atoms with Crippen molar-refractivity contribution in [2.45, 2.75) is 45.7 Å². The van der Waals surface area contributed by atoms with Crippen molar-refractivity contribution in [1.82, 2.24) is 10.2 Å². The molecule has 31 heavy (non-hydrogen) atoms. The summed E-state index contributed by atoms with van der Waals surface area (Å²) in [6, 6.07) is 10.2. The van der Waals surface area contributed by atoms with Gasteiger partial charge >= 0.3 is 0 Å². The predicted octanol–water partition coefficient (Wildman–Crippen LogP) is 5.81. The van der Waals surface area contributed by atoms with Crippen LogP contribution >= 0.6 is 39.1 Å². The van der Waals surface area contributed by atoms with E-state index in [0.717, 1.165) is 10.0 Å². The monoisotopic (exact) mass is 528 g/mol. The summed E-state index contributed by atoms with van der Waals surface area (Å²) in [5.74, 6) is 0.379. The van der Waals surface area contributed by atoms with Crippen molar-refractivity contribution in [2.75, 3.05) is 13.7 Å². The molecule has 0 aliphatic heterocycles. The van der Waals surface area contributed by atoms with Crippen LogP contribution in [0.5, 0.6) is 5.75 Å². The zero-order valence-corrected chi connectivity index (χ0v) is 21.1. The van der Waals surface area contributed by atoms with Gasteiger partial charge in [0.2, 0.25) is 5.91 Å². The average molecular weight is 530 g/mol. The Balaban J connectivity index is 2.24. The molecule has 5 nitrogen and oxygen atoms in total. The van der Waals surface area contributed by atoms with Gasteiger partial charge in [-0.3, -0.25) is 9.59 Å². The summed E-state index contributed by atoms with van der Waals surface area (Å²) in [6.07, 6.45) is 0.448. The lowest BCUT2D eigenvalue weighted by Crippen LogP contribution is -2.49. The maximum atomic E-state index is 13.1. The zero-order valence-electron chi connectivity index (χ0n) is 18.0. The van der Waals surface area contributed by atoms with Gasteiger partial charge in [-0.1, -0.05) is 56.1 Å². The van der Waals surface area contributed by atoms with Crippen molar-refractivity contribution in [3.63, 3.8) is 0 Å². The van der Waals surface area contributed by atoms with Gasteiger partial charge < -0.3 is 15.0 Å². The number of ether oxygens (including phenoxy) is 1. The number of hydrogen-bond donors (Lipinski definition) is 1. The Morgan fingerprint density at radius 1 is 1.16 bits per heavy atom. The molecule has 2 rings (SSSR count). The summed E-state index contributed by atoms with van der Waals surface area (Å²) in [4.78, 5) is 27.1. The number of hydrogen-bond acceptors (Lipinski definition) is 3. The standard InChI is InChI=1S/C23H27BrCl2N2O3/c1-5-20(23(30)27-4)28(12-16-6-8-17(25)11-19(16)26)22(29)13-31-21-9-7-15(14(2)3)10-18(21)24/h6-11,14,20H,5,12-13H2,1-4H3,(H,27,30)/t20-/m0/s1. The molecule has 0 heterocycles. The molecule has 0 aliphatic rings. The fourth-order valence-corrected chi connectivity index (χ4v) is 4.11. The maximum Gasteiger partial charge on any atom is 0.261 e. The molecule has 1 N–H and O–H groups in total. The number of halogens is 3. The molecule has 1 atom stereocenters. The smallest absolute Gasteiger partial charge is 0.261 e. The summed E-state index contributed by atoms with van der Waals surface area (Å²) < 4.78 is 6.56. The van der Waals surface area contributed by atoms with E-state index in [1.54, 1.807) is 25.2 Å². The molecule has 0 spiro atoms. The summed E-state index contributed by atoms with van der Waals surface area (Å²) >= 11 is 15.8. The second-order valence-electron chi connectivity index (χ2n) is 7.43. The first kappa shape index (κ1) is 25.5. The van der Waals surface area contributed by atoms with Crippen molar-refractivity contribution in [2.24, 2.45) is 0 Å². The van der Waals surface area contributed by atoms with Crippen molar-refractivity contribution in [3.05, 3.63) is 62.0 Å². The summed E-state index contributed by atoms with van der Waals surface area (Å²) in [7, 11) is 1.55. The van der Waals surface area contributed by atoms with E-state index in [1.165, 1.54) is 4.90 Å². The number of likely N-dealkylation sites (N-methyl/N-ethyl adjacent to an activating group) is 1. The molecule has 0 unspecified atom stereocenters. The highest BCUT2D eigenvalue weighted by atomic mass is 79.9. The van der Waals surface area contributed by atoms with Gasteiger partial charge in [-0.15, -0.1) is 0 Å². The molecule has 2 amide bonds. The van der Waals surface area contributed by atoms with Gasteiger partial charge in [0.15, 0.2) is 6.61 Å². The van der Waals surface area contributed by atoms with Crippen LogP contribution in [0.1, 0.15) is 44.2 Å². The van der Waals surface area contributed by atoms with Gasteiger partial charge in [-0.2, -0.15) is 0 Å². The van der Waals surface area contributed by atoms with Gasteiger partial charge in [0, 0.05) is 23.6 Å². The second kappa shape index (κ2) is 11.7. The molecule has 0 aliphatic carbocycles. The van der Waals surface area contributed by atoms with Gasteiger partial charge in [-0.25, -0.2) is 0 Å². The molecular formula is C23H27BrCl2N2O3. The first-order chi connectivity index (χ1) is 14.7. The second-order valence-corrected chi connectivity index (χ2v) is 9.13. The molecule has 0 aromatic heterocycles. The van der Waals surface area contributed by atoms with E-state index in [0.29, 0.717) is 33.7 Å². The molecule has 0 bridgehead atoms. The van der Waals surface area contributed by atoms with Crippen LogP contribution in [-0.4, -0.2) is 36.4 Å². The summed E-state index contributed by atoms with van der Waals surface area (Å²) in [5, 5.41) is 3.56. The maximum absolute atomic E-state index is 13.1. The van der Waals surface area contributed by atoms with Crippen LogP contribution < -0.4 is 10.1 Å². The average Bonchev–Trinajstić information content (AvgIpc) is 2.73. The van der Waals surface area contributed by atoms with E-state index in [4.69, 9.17) is 27.9 Å². The first-order valence-corrected chi connectivity index (χ1v) is 11.6. The molecule has 2 aromatic rings. The van der Waals surface area contributed by atoms with Gasteiger partial charge in [0.1, 0.15) is 11.8 Å². The number of benzene rings is 2. The lowest BCUT2D eigenvalue weighted by molar-refractivity contribution is -0.142. The number of carbonyl (C=O) groups is 2.